The van der Waals surface area contributed by atoms with E-state index in [4.69, 9.17) is 0 Å². The summed E-state index contributed by atoms with van der Waals surface area (Å²) in [5.74, 6) is -0.585. The predicted octanol–water partition coefficient (Wildman–Crippen LogP) is -0.0348. The third kappa shape index (κ3) is 3.34. The molecule has 4 amide bonds. The Morgan fingerprint density at radius 1 is 1.48 bits per heavy atom. The Kier molecular flexibility index (Phi) is 4.82. The topological polar surface area (TPSA) is 90.5 Å². The maximum atomic E-state index is 12.5. The van der Waals surface area contributed by atoms with E-state index in [1.165, 1.54) is 0 Å². The molecule has 2 atom stereocenters. The summed E-state index contributed by atoms with van der Waals surface area (Å²) in [5, 5.41) is 8.69. The summed E-state index contributed by atoms with van der Waals surface area (Å²) in [6.45, 7) is 5.03. The molecule has 2 unspecified atom stereocenters. The summed E-state index contributed by atoms with van der Waals surface area (Å²) in [7, 11) is 0. The largest absolute Gasteiger partial charge is 0.352 e. The van der Waals surface area contributed by atoms with Crippen LogP contribution in [0.2, 0.25) is 0 Å². The van der Waals surface area contributed by atoms with Crippen molar-refractivity contribution in [2.75, 3.05) is 19.6 Å². The highest BCUT2D eigenvalue weighted by Crippen LogP contribution is 2.24. The van der Waals surface area contributed by atoms with Crippen LogP contribution in [0.4, 0.5) is 4.79 Å². The van der Waals surface area contributed by atoms with Crippen molar-refractivity contribution in [3.63, 3.8) is 0 Å². The molecule has 21 heavy (non-hydrogen) atoms. The molecule has 0 aliphatic carbocycles. The lowest BCUT2D eigenvalue weighted by atomic mass is 9.90. The van der Waals surface area contributed by atoms with Crippen LogP contribution in [-0.4, -0.2) is 54.0 Å². The van der Waals surface area contributed by atoms with E-state index in [-0.39, 0.29) is 24.4 Å². The van der Waals surface area contributed by atoms with Gasteiger partial charge in [0.25, 0.3) is 5.91 Å². The summed E-state index contributed by atoms with van der Waals surface area (Å²) in [5.41, 5.74) is -0.857. The number of amides is 4. The zero-order valence-corrected chi connectivity index (χ0v) is 12.7. The van der Waals surface area contributed by atoms with Gasteiger partial charge in [-0.3, -0.25) is 14.5 Å². The smallest absolute Gasteiger partial charge is 0.325 e. The van der Waals surface area contributed by atoms with E-state index in [1.54, 1.807) is 0 Å². The fourth-order valence-electron chi connectivity index (χ4n) is 2.98. The first-order valence-corrected chi connectivity index (χ1v) is 7.62. The molecule has 118 valence electrons. The minimum Gasteiger partial charge on any atom is -0.352 e. The van der Waals surface area contributed by atoms with Crippen molar-refractivity contribution in [3.8, 4) is 0 Å². The molecule has 0 bridgehead atoms. The number of nitrogens with zero attached hydrogens (tertiary/aromatic N) is 1. The molecule has 0 aromatic rings. The molecule has 2 aliphatic heterocycles. The van der Waals surface area contributed by atoms with E-state index < -0.39 is 11.6 Å². The zero-order chi connectivity index (χ0) is 15.5. The molecule has 0 aromatic carbocycles. The summed E-state index contributed by atoms with van der Waals surface area (Å²) >= 11 is 0. The summed E-state index contributed by atoms with van der Waals surface area (Å²) < 4.78 is 0. The fourth-order valence-corrected chi connectivity index (χ4v) is 2.98. The van der Waals surface area contributed by atoms with Crippen LogP contribution in [0.1, 0.15) is 39.5 Å². The van der Waals surface area contributed by atoms with Crippen molar-refractivity contribution < 1.29 is 14.4 Å². The van der Waals surface area contributed by atoms with Crippen LogP contribution in [0.25, 0.3) is 0 Å². The second-order valence-corrected chi connectivity index (χ2v) is 5.94. The number of hydrogen-bond donors (Lipinski definition) is 3. The molecule has 2 saturated heterocycles. The van der Waals surface area contributed by atoms with Crippen LogP contribution in [0.3, 0.4) is 0 Å². The van der Waals surface area contributed by atoms with Gasteiger partial charge < -0.3 is 16.0 Å². The first-order chi connectivity index (χ1) is 9.98. The maximum absolute atomic E-state index is 12.5. The minimum atomic E-state index is -0.857. The van der Waals surface area contributed by atoms with Gasteiger partial charge in [0.15, 0.2) is 0 Å². The van der Waals surface area contributed by atoms with Crippen LogP contribution in [0, 0.1) is 0 Å². The zero-order valence-electron chi connectivity index (χ0n) is 12.7. The summed E-state index contributed by atoms with van der Waals surface area (Å²) in [6.07, 6.45) is 3.30. The average molecular weight is 296 g/mol. The van der Waals surface area contributed by atoms with Gasteiger partial charge in [0.05, 0.1) is 0 Å². The molecule has 2 heterocycles. The molecule has 7 nitrogen and oxygen atoms in total. The SMILES string of the molecule is CCCC(C)NC(=O)CN1C(=O)NC2(CCCNC2)C1=O. The average Bonchev–Trinajstić information content (AvgIpc) is 2.64. The van der Waals surface area contributed by atoms with Gasteiger partial charge in [0.2, 0.25) is 5.91 Å². The van der Waals surface area contributed by atoms with E-state index in [0.717, 1.165) is 30.7 Å². The number of carbonyl (C=O) groups is 3. The molecule has 2 rings (SSSR count). The lowest BCUT2D eigenvalue weighted by molar-refractivity contribution is -0.135. The van der Waals surface area contributed by atoms with Crippen LogP contribution in [0.15, 0.2) is 0 Å². The molecule has 7 heteroatoms. The lowest BCUT2D eigenvalue weighted by Gasteiger charge is -2.31. The second kappa shape index (κ2) is 6.43. The Labute approximate surface area is 124 Å². The van der Waals surface area contributed by atoms with Gasteiger partial charge in [-0.1, -0.05) is 13.3 Å². The van der Waals surface area contributed by atoms with E-state index in [1.807, 2.05) is 13.8 Å². The predicted molar refractivity (Wildman–Crippen MR) is 77.6 cm³/mol. The third-order valence-corrected chi connectivity index (χ3v) is 4.06. The number of rotatable bonds is 5. The normalized spacial score (nSPS) is 26.9. The Balaban J connectivity index is 1.95. The van der Waals surface area contributed by atoms with E-state index >= 15 is 0 Å². The molecule has 2 aliphatic rings. The molecule has 0 saturated carbocycles. The monoisotopic (exact) mass is 296 g/mol. The lowest BCUT2D eigenvalue weighted by Crippen LogP contribution is -2.57. The van der Waals surface area contributed by atoms with Gasteiger partial charge in [0.1, 0.15) is 12.1 Å². The van der Waals surface area contributed by atoms with Crippen LogP contribution < -0.4 is 16.0 Å². The highest BCUT2D eigenvalue weighted by atomic mass is 16.2. The van der Waals surface area contributed by atoms with E-state index in [2.05, 4.69) is 16.0 Å². The van der Waals surface area contributed by atoms with Crippen molar-refractivity contribution in [2.45, 2.75) is 51.1 Å². The molecule has 3 N–H and O–H groups in total. The molecule has 2 fully saturated rings. The first-order valence-electron chi connectivity index (χ1n) is 7.62. The Bertz CT molecular complexity index is 432. The molecule has 1 spiro atoms. The maximum Gasteiger partial charge on any atom is 0.325 e. The molecule has 0 aromatic heterocycles. The van der Waals surface area contributed by atoms with E-state index in [0.29, 0.717) is 13.0 Å². The number of piperidine rings is 1. The second-order valence-electron chi connectivity index (χ2n) is 5.94. The van der Waals surface area contributed by atoms with Crippen LogP contribution >= 0.6 is 0 Å². The summed E-state index contributed by atoms with van der Waals surface area (Å²) in [4.78, 5) is 37.4. The highest BCUT2D eigenvalue weighted by Gasteiger charge is 2.51. The van der Waals surface area contributed by atoms with Gasteiger partial charge in [-0.05, 0) is 32.7 Å². The van der Waals surface area contributed by atoms with Crippen LogP contribution in [-0.2, 0) is 9.59 Å². The number of hydrogen-bond acceptors (Lipinski definition) is 4. The van der Waals surface area contributed by atoms with Gasteiger partial charge in [-0.2, -0.15) is 0 Å². The number of imide groups is 1. The highest BCUT2D eigenvalue weighted by molar-refractivity contribution is 6.09. The third-order valence-electron chi connectivity index (χ3n) is 4.06. The summed E-state index contributed by atoms with van der Waals surface area (Å²) in [6, 6.07) is -0.421. The van der Waals surface area contributed by atoms with E-state index in [9.17, 15) is 14.4 Å². The standard InChI is InChI=1S/C14H24N4O3/c1-3-5-10(2)16-11(19)8-18-12(20)14(17-13(18)21)6-4-7-15-9-14/h10,15H,3-9H2,1-2H3,(H,16,19)(H,17,21). The number of carbonyl (C=O) groups excluding carboxylic acids is 3. The minimum absolute atomic E-state index is 0.0496. The molecular weight excluding hydrogens is 272 g/mol. The first kappa shape index (κ1) is 15.8. The van der Waals surface area contributed by atoms with Gasteiger partial charge in [-0.15, -0.1) is 0 Å². The fraction of sp³-hybridized carbons (Fsp3) is 0.786. The quantitative estimate of drug-likeness (QED) is 0.621. The number of nitrogens with one attached hydrogen (secondary N) is 3. The molecule has 0 radical (unpaired) electrons. The van der Waals surface area contributed by atoms with Crippen molar-refractivity contribution >= 4 is 17.8 Å². The molecular formula is C14H24N4O3. The van der Waals surface area contributed by atoms with Crippen LogP contribution in [0.5, 0.6) is 0 Å². The van der Waals surface area contributed by atoms with Crippen molar-refractivity contribution in [1.29, 1.82) is 0 Å². The Morgan fingerprint density at radius 3 is 2.86 bits per heavy atom. The van der Waals surface area contributed by atoms with Crippen molar-refractivity contribution in [1.82, 2.24) is 20.9 Å². The Hall–Kier alpha value is -1.63. The van der Waals surface area contributed by atoms with Crippen molar-refractivity contribution in [2.24, 2.45) is 0 Å². The Morgan fingerprint density at radius 2 is 2.24 bits per heavy atom. The van der Waals surface area contributed by atoms with Gasteiger partial charge in [0, 0.05) is 12.6 Å². The van der Waals surface area contributed by atoms with Gasteiger partial charge in [-0.25, -0.2) is 4.79 Å². The number of urea groups is 1. The van der Waals surface area contributed by atoms with Gasteiger partial charge >= 0.3 is 6.03 Å². The van der Waals surface area contributed by atoms with Crippen molar-refractivity contribution in [3.05, 3.63) is 0 Å².